The number of hydrogen-bond donors (Lipinski definition) is 3. The van der Waals surface area contributed by atoms with Gasteiger partial charge in [0.05, 0.1) is 6.10 Å². The van der Waals surface area contributed by atoms with Crippen molar-refractivity contribution < 1.29 is 15.0 Å². The third-order valence-corrected chi connectivity index (χ3v) is 4.07. The predicted molar refractivity (Wildman–Crippen MR) is 98.7 cm³/mol. The van der Waals surface area contributed by atoms with Crippen LogP contribution in [0.2, 0.25) is 0 Å². The Balaban J connectivity index is 0. The van der Waals surface area contributed by atoms with E-state index in [9.17, 15) is 4.79 Å². The lowest BCUT2D eigenvalue weighted by Crippen LogP contribution is -2.43. The summed E-state index contributed by atoms with van der Waals surface area (Å²) in [5.41, 5.74) is 4.98. The minimum absolute atomic E-state index is 0.344. The Morgan fingerprint density at radius 3 is 1.48 bits per heavy atom. The highest BCUT2D eigenvalue weighted by Gasteiger charge is 2.16. The van der Waals surface area contributed by atoms with Crippen molar-refractivity contribution in [2.45, 2.75) is 116 Å². The van der Waals surface area contributed by atoms with Crippen LogP contribution in [0, 0.1) is 0 Å². The first-order valence-electron chi connectivity index (χ1n) is 9.40. The standard InChI is InChI=1S/C14H28O2.C5H13NO/c1-2-3-4-5-6-7-8-9-10-11-12-13-14(15)16;1-4(7)5(2,3)6/h2-13H2,1H3,(H,15,16);4,7H,6H2,1-3H3. The number of nitrogens with two attached hydrogens (primary N) is 1. The molecule has 0 heterocycles. The molecule has 0 bridgehead atoms. The van der Waals surface area contributed by atoms with Crippen molar-refractivity contribution in [3.63, 3.8) is 0 Å². The molecule has 0 saturated heterocycles. The van der Waals surface area contributed by atoms with Gasteiger partial charge in [-0.15, -0.1) is 0 Å². The SMILES string of the molecule is CC(O)C(C)(C)N.CCCCCCCCCCCCCC(=O)O. The quantitative estimate of drug-likeness (QED) is 0.420. The highest BCUT2D eigenvalue weighted by Crippen LogP contribution is 2.11. The fourth-order valence-corrected chi connectivity index (χ4v) is 1.94. The summed E-state index contributed by atoms with van der Waals surface area (Å²) in [5.74, 6) is -0.657. The van der Waals surface area contributed by atoms with Gasteiger partial charge in [-0.05, 0) is 27.2 Å². The summed E-state index contributed by atoms with van der Waals surface area (Å²) >= 11 is 0. The maximum absolute atomic E-state index is 10.3. The molecule has 0 aromatic rings. The van der Waals surface area contributed by atoms with Crippen molar-refractivity contribution in [2.24, 2.45) is 5.73 Å². The summed E-state index contributed by atoms with van der Waals surface area (Å²) in [6, 6.07) is 0. The second kappa shape index (κ2) is 16.3. The second-order valence-corrected chi connectivity index (χ2v) is 7.18. The summed E-state index contributed by atoms with van der Waals surface area (Å²) in [6.07, 6.45) is 13.9. The van der Waals surface area contributed by atoms with E-state index in [4.69, 9.17) is 15.9 Å². The normalized spacial score (nSPS) is 12.4. The number of hydrogen-bond acceptors (Lipinski definition) is 3. The van der Waals surface area contributed by atoms with Crippen molar-refractivity contribution in [3.05, 3.63) is 0 Å². The number of unbranched alkanes of at least 4 members (excludes halogenated alkanes) is 10. The smallest absolute Gasteiger partial charge is 0.303 e. The van der Waals surface area contributed by atoms with E-state index in [0.29, 0.717) is 6.42 Å². The maximum atomic E-state index is 10.3. The molecule has 0 aromatic heterocycles. The molecule has 0 amide bonds. The van der Waals surface area contributed by atoms with E-state index < -0.39 is 17.6 Å². The van der Waals surface area contributed by atoms with Crippen LogP contribution in [0.25, 0.3) is 0 Å². The number of aliphatic carboxylic acids is 1. The minimum Gasteiger partial charge on any atom is -0.481 e. The first kappa shape index (κ1) is 24.6. The first-order valence-corrected chi connectivity index (χ1v) is 9.40. The predicted octanol–water partition coefficient (Wildman–Crippen LogP) is 4.88. The monoisotopic (exact) mass is 331 g/mol. The van der Waals surface area contributed by atoms with E-state index >= 15 is 0 Å². The van der Waals surface area contributed by atoms with Gasteiger partial charge in [0.2, 0.25) is 0 Å². The molecule has 0 aromatic carbocycles. The van der Waals surface area contributed by atoms with Crippen molar-refractivity contribution in [2.75, 3.05) is 0 Å². The molecule has 1 unspecified atom stereocenters. The van der Waals surface area contributed by atoms with Gasteiger partial charge < -0.3 is 15.9 Å². The number of carbonyl (C=O) groups is 1. The lowest BCUT2D eigenvalue weighted by molar-refractivity contribution is -0.137. The fourth-order valence-electron chi connectivity index (χ4n) is 1.94. The van der Waals surface area contributed by atoms with E-state index in [1.54, 1.807) is 20.8 Å². The van der Waals surface area contributed by atoms with Crippen LogP contribution in [-0.2, 0) is 4.79 Å². The van der Waals surface area contributed by atoms with Crippen LogP contribution in [0.4, 0.5) is 0 Å². The Labute approximate surface area is 143 Å². The zero-order valence-electron chi connectivity index (χ0n) is 15.9. The van der Waals surface area contributed by atoms with Crippen LogP contribution in [0.3, 0.4) is 0 Å². The zero-order valence-corrected chi connectivity index (χ0v) is 15.9. The summed E-state index contributed by atoms with van der Waals surface area (Å²) < 4.78 is 0. The van der Waals surface area contributed by atoms with Gasteiger partial charge in [-0.3, -0.25) is 4.79 Å². The molecule has 1 atom stereocenters. The Bertz CT molecular complexity index is 260. The average molecular weight is 332 g/mol. The van der Waals surface area contributed by atoms with Gasteiger partial charge in [-0.1, -0.05) is 71.1 Å². The van der Waals surface area contributed by atoms with Crippen molar-refractivity contribution in [3.8, 4) is 0 Å². The van der Waals surface area contributed by atoms with Gasteiger partial charge in [-0.2, -0.15) is 0 Å². The molecular formula is C19H41NO3. The van der Waals surface area contributed by atoms with E-state index in [1.807, 2.05) is 0 Å². The largest absolute Gasteiger partial charge is 0.481 e. The van der Waals surface area contributed by atoms with Crippen molar-refractivity contribution >= 4 is 5.97 Å². The average Bonchev–Trinajstić information content (AvgIpc) is 2.44. The van der Waals surface area contributed by atoms with E-state index in [1.165, 1.54) is 57.8 Å². The molecule has 140 valence electrons. The van der Waals surface area contributed by atoms with Gasteiger partial charge >= 0.3 is 5.97 Å². The van der Waals surface area contributed by atoms with E-state index in [-0.39, 0.29) is 0 Å². The molecule has 4 nitrogen and oxygen atoms in total. The zero-order chi connectivity index (χ0) is 18.1. The van der Waals surface area contributed by atoms with Gasteiger partial charge in [0.15, 0.2) is 0 Å². The first-order chi connectivity index (χ1) is 10.7. The summed E-state index contributed by atoms with van der Waals surface area (Å²) in [5, 5.41) is 17.2. The molecular weight excluding hydrogens is 290 g/mol. The highest BCUT2D eigenvalue weighted by molar-refractivity contribution is 5.66. The van der Waals surface area contributed by atoms with Crippen LogP contribution >= 0.6 is 0 Å². The number of carboxylic acid groups (broad SMARTS) is 1. The minimum atomic E-state index is -0.657. The van der Waals surface area contributed by atoms with Crippen LogP contribution in [0.5, 0.6) is 0 Å². The third kappa shape index (κ3) is 23.8. The summed E-state index contributed by atoms with van der Waals surface area (Å²) in [6.45, 7) is 7.51. The van der Waals surface area contributed by atoms with Crippen LogP contribution in [0.15, 0.2) is 0 Å². The molecule has 0 aliphatic heterocycles. The molecule has 0 radical (unpaired) electrons. The Kier molecular flexibility index (Phi) is 17.4. The summed E-state index contributed by atoms with van der Waals surface area (Å²) in [4.78, 5) is 10.3. The number of carboxylic acids is 1. The van der Waals surface area contributed by atoms with E-state index in [2.05, 4.69) is 6.92 Å². The van der Waals surface area contributed by atoms with Crippen LogP contribution in [0.1, 0.15) is 105 Å². The van der Waals surface area contributed by atoms with Gasteiger partial charge in [0.1, 0.15) is 0 Å². The number of aliphatic hydroxyl groups is 1. The molecule has 0 saturated carbocycles. The Morgan fingerprint density at radius 1 is 0.913 bits per heavy atom. The topological polar surface area (TPSA) is 83.5 Å². The van der Waals surface area contributed by atoms with Crippen LogP contribution < -0.4 is 5.73 Å². The molecule has 23 heavy (non-hydrogen) atoms. The second-order valence-electron chi connectivity index (χ2n) is 7.18. The number of aliphatic hydroxyl groups excluding tert-OH is 1. The van der Waals surface area contributed by atoms with Gasteiger partial charge in [0, 0.05) is 12.0 Å². The Hall–Kier alpha value is -0.610. The Morgan fingerprint density at radius 2 is 1.22 bits per heavy atom. The fraction of sp³-hybridized carbons (Fsp3) is 0.947. The molecule has 0 aliphatic carbocycles. The van der Waals surface area contributed by atoms with Gasteiger partial charge in [0.25, 0.3) is 0 Å². The lowest BCUT2D eigenvalue weighted by atomic mass is 10.0. The lowest BCUT2D eigenvalue weighted by Gasteiger charge is -2.21. The van der Waals surface area contributed by atoms with E-state index in [0.717, 1.165) is 12.8 Å². The third-order valence-electron chi connectivity index (χ3n) is 4.07. The molecule has 4 heteroatoms. The molecule has 4 N–H and O–H groups in total. The number of rotatable bonds is 13. The molecule has 0 rings (SSSR count). The molecule has 0 aliphatic rings. The maximum Gasteiger partial charge on any atom is 0.303 e. The summed E-state index contributed by atoms with van der Waals surface area (Å²) in [7, 11) is 0. The van der Waals surface area contributed by atoms with Crippen LogP contribution in [-0.4, -0.2) is 27.8 Å². The molecule has 0 fully saturated rings. The highest BCUT2D eigenvalue weighted by atomic mass is 16.4. The molecule has 0 spiro atoms. The van der Waals surface area contributed by atoms with Crippen molar-refractivity contribution in [1.29, 1.82) is 0 Å². The van der Waals surface area contributed by atoms with Crippen molar-refractivity contribution in [1.82, 2.24) is 0 Å². The van der Waals surface area contributed by atoms with Gasteiger partial charge in [-0.25, -0.2) is 0 Å².